The maximum atomic E-state index is 12.4. The van der Waals surface area contributed by atoms with Gasteiger partial charge < -0.3 is 5.32 Å². The SMILES string of the molecule is O=C1C(Cl)=C(NCc2ccccc2)C(=O)c2ccccc21. The summed E-state index contributed by atoms with van der Waals surface area (Å²) in [6.45, 7) is 0.438. The lowest BCUT2D eigenvalue weighted by molar-refractivity contribution is 0.0974. The fourth-order valence-electron chi connectivity index (χ4n) is 2.29. The average molecular weight is 298 g/mol. The van der Waals surface area contributed by atoms with Gasteiger partial charge in [-0.1, -0.05) is 66.2 Å². The van der Waals surface area contributed by atoms with E-state index in [0.717, 1.165) is 5.56 Å². The maximum absolute atomic E-state index is 12.4. The second kappa shape index (κ2) is 5.54. The van der Waals surface area contributed by atoms with Crippen LogP contribution in [0.2, 0.25) is 0 Å². The molecular formula is C17H12ClNO2. The van der Waals surface area contributed by atoms with Crippen molar-refractivity contribution < 1.29 is 9.59 Å². The van der Waals surface area contributed by atoms with Crippen molar-refractivity contribution >= 4 is 23.2 Å². The quantitative estimate of drug-likeness (QED) is 0.945. The lowest BCUT2D eigenvalue weighted by atomic mass is 9.92. The molecule has 0 fully saturated rings. The van der Waals surface area contributed by atoms with Gasteiger partial charge in [0.05, 0.1) is 0 Å². The van der Waals surface area contributed by atoms with Gasteiger partial charge in [0.15, 0.2) is 0 Å². The Bertz CT molecular complexity index is 750. The molecule has 3 nitrogen and oxygen atoms in total. The van der Waals surface area contributed by atoms with E-state index in [2.05, 4.69) is 5.32 Å². The molecule has 104 valence electrons. The smallest absolute Gasteiger partial charge is 0.211 e. The molecule has 0 aliphatic heterocycles. The molecule has 4 heteroatoms. The summed E-state index contributed by atoms with van der Waals surface area (Å²) in [6.07, 6.45) is 0. The molecule has 1 N–H and O–H groups in total. The summed E-state index contributed by atoms with van der Waals surface area (Å²) < 4.78 is 0. The van der Waals surface area contributed by atoms with Gasteiger partial charge in [0, 0.05) is 17.7 Å². The Hall–Kier alpha value is -2.39. The molecule has 0 heterocycles. The lowest BCUT2D eigenvalue weighted by Gasteiger charge is -2.18. The highest BCUT2D eigenvalue weighted by Gasteiger charge is 2.30. The minimum atomic E-state index is -0.317. The third kappa shape index (κ3) is 2.48. The van der Waals surface area contributed by atoms with Crippen molar-refractivity contribution in [2.45, 2.75) is 6.54 Å². The zero-order valence-electron chi connectivity index (χ0n) is 11.1. The Labute approximate surface area is 127 Å². The number of carbonyl (C=O) groups excluding carboxylic acids is 2. The summed E-state index contributed by atoms with van der Waals surface area (Å²) in [5.74, 6) is -0.562. The summed E-state index contributed by atoms with van der Waals surface area (Å²) >= 11 is 6.07. The second-order valence-electron chi connectivity index (χ2n) is 4.73. The van der Waals surface area contributed by atoms with Crippen molar-refractivity contribution in [1.29, 1.82) is 0 Å². The highest BCUT2D eigenvalue weighted by molar-refractivity contribution is 6.49. The van der Waals surface area contributed by atoms with Crippen LogP contribution in [0, 0.1) is 0 Å². The van der Waals surface area contributed by atoms with Gasteiger partial charge in [-0.2, -0.15) is 0 Å². The topological polar surface area (TPSA) is 46.2 Å². The minimum absolute atomic E-state index is 0.0466. The van der Waals surface area contributed by atoms with Crippen LogP contribution >= 0.6 is 11.6 Å². The molecule has 1 aliphatic rings. The summed E-state index contributed by atoms with van der Waals surface area (Å²) in [6, 6.07) is 16.3. The van der Waals surface area contributed by atoms with Crippen LogP contribution in [0.1, 0.15) is 26.3 Å². The molecule has 0 spiro atoms. The number of fused-ring (bicyclic) bond motifs is 1. The van der Waals surface area contributed by atoms with Gasteiger partial charge in [-0.25, -0.2) is 0 Å². The van der Waals surface area contributed by atoms with Crippen LogP contribution in [0.15, 0.2) is 65.3 Å². The molecule has 0 bridgehead atoms. The number of hydrogen-bond donors (Lipinski definition) is 1. The van der Waals surface area contributed by atoms with E-state index in [1.165, 1.54) is 0 Å². The van der Waals surface area contributed by atoms with Crippen LogP contribution in [-0.2, 0) is 6.54 Å². The molecule has 0 amide bonds. The van der Waals surface area contributed by atoms with Crippen molar-refractivity contribution in [2.24, 2.45) is 0 Å². The van der Waals surface area contributed by atoms with Gasteiger partial charge in [-0.15, -0.1) is 0 Å². The molecule has 0 unspecified atom stereocenters. The van der Waals surface area contributed by atoms with Crippen LogP contribution in [0.25, 0.3) is 0 Å². The van der Waals surface area contributed by atoms with E-state index in [-0.39, 0.29) is 22.3 Å². The Kier molecular flexibility index (Phi) is 3.59. The molecule has 0 atom stereocenters. The molecule has 0 saturated heterocycles. The van der Waals surface area contributed by atoms with Crippen molar-refractivity contribution in [3.8, 4) is 0 Å². The second-order valence-corrected chi connectivity index (χ2v) is 5.11. The Balaban J connectivity index is 1.90. The van der Waals surface area contributed by atoms with Crippen molar-refractivity contribution in [1.82, 2.24) is 5.32 Å². The maximum Gasteiger partial charge on any atom is 0.211 e. The molecule has 3 rings (SSSR count). The fourth-order valence-corrected chi connectivity index (χ4v) is 2.54. The number of ketones is 2. The van der Waals surface area contributed by atoms with Gasteiger partial charge in [0.2, 0.25) is 11.6 Å². The number of allylic oxidation sites excluding steroid dienone is 2. The molecular weight excluding hydrogens is 286 g/mol. The van der Waals surface area contributed by atoms with Crippen molar-refractivity contribution in [2.75, 3.05) is 0 Å². The van der Waals surface area contributed by atoms with E-state index in [0.29, 0.717) is 17.7 Å². The summed E-state index contributed by atoms with van der Waals surface area (Å²) in [4.78, 5) is 24.6. The van der Waals surface area contributed by atoms with E-state index in [4.69, 9.17) is 11.6 Å². The standard InChI is InChI=1S/C17H12ClNO2/c18-14-15(19-10-11-6-2-1-3-7-11)17(21)13-9-5-4-8-12(13)16(14)20/h1-9,19H,10H2. The van der Waals surface area contributed by atoms with Gasteiger partial charge in [-0.05, 0) is 5.56 Å². The summed E-state index contributed by atoms with van der Waals surface area (Å²) in [7, 11) is 0. The fraction of sp³-hybridized carbons (Fsp3) is 0.0588. The van der Waals surface area contributed by atoms with E-state index in [9.17, 15) is 9.59 Å². The molecule has 1 aliphatic carbocycles. The zero-order valence-corrected chi connectivity index (χ0v) is 11.9. The molecule has 0 aromatic heterocycles. The third-order valence-corrected chi connectivity index (χ3v) is 3.73. The molecule has 21 heavy (non-hydrogen) atoms. The number of nitrogens with one attached hydrogen (secondary N) is 1. The van der Waals surface area contributed by atoms with E-state index in [1.54, 1.807) is 24.3 Å². The van der Waals surface area contributed by atoms with Gasteiger partial charge in [-0.3, -0.25) is 9.59 Å². The first-order chi connectivity index (χ1) is 10.2. The number of carbonyl (C=O) groups is 2. The van der Waals surface area contributed by atoms with Gasteiger partial charge in [0.1, 0.15) is 10.7 Å². The number of benzene rings is 2. The highest BCUT2D eigenvalue weighted by atomic mass is 35.5. The third-order valence-electron chi connectivity index (χ3n) is 3.37. The van der Waals surface area contributed by atoms with Crippen LogP contribution in [-0.4, -0.2) is 11.6 Å². The van der Waals surface area contributed by atoms with Gasteiger partial charge in [0.25, 0.3) is 0 Å². The number of halogens is 1. The predicted molar refractivity (Wildman–Crippen MR) is 81.3 cm³/mol. The zero-order chi connectivity index (χ0) is 14.8. The predicted octanol–water partition coefficient (Wildman–Crippen LogP) is 3.31. The van der Waals surface area contributed by atoms with E-state index < -0.39 is 0 Å². The summed E-state index contributed by atoms with van der Waals surface area (Å²) in [5, 5.41) is 2.94. The first-order valence-corrected chi connectivity index (χ1v) is 6.92. The monoisotopic (exact) mass is 297 g/mol. The normalized spacial score (nSPS) is 14.1. The van der Waals surface area contributed by atoms with Crippen LogP contribution < -0.4 is 5.32 Å². The summed E-state index contributed by atoms with van der Waals surface area (Å²) in [5.41, 5.74) is 1.93. The molecule has 2 aromatic rings. The van der Waals surface area contributed by atoms with Crippen LogP contribution in [0.5, 0.6) is 0 Å². The first-order valence-electron chi connectivity index (χ1n) is 6.54. The van der Waals surface area contributed by atoms with Crippen LogP contribution in [0.3, 0.4) is 0 Å². The highest BCUT2D eigenvalue weighted by Crippen LogP contribution is 2.27. The Morgan fingerprint density at radius 1 is 0.810 bits per heavy atom. The van der Waals surface area contributed by atoms with Crippen molar-refractivity contribution in [3.63, 3.8) is 0 Å². The Morgan fingerprint density at radius 2 is 1.38 bits per heavy atom. The largest absolute Gasteiger partial charge is 0.376 e. The average Bonchev–Trinajstić information content (AvgIpc) is 2.54. The first kappa shape index (κ1) is 13.6. The number of Topliss-reactive ketones (excluding diaryl/α,β-unsaturated/α-hetero) is 2. The Morgan fingerprint density at radius 3 is 2.05 bits per heavy atom. The molecule has 0 radical (unpaired) electrons. The minimum Gasteiger partial charge on any atom is -0.376 e. The lowest BCUT2D eigenvalue weighted by Crippen LogP contribution is -2.28. The molecule has 0 saturated carbocycles. The van der Waals surface area contributed by atoms with E-state index >= 15 is 0 Å². The van der Waals surface area contributed by atoms with Crippen molar-refractivity contribution in [3.05, 3.63) is 82.0 Å². The number of hydrogen-bond acceptors (Lipinski definition) is 3. The number of rotatable bonds is 3. The molecule has 2 aromatic carbocycles. The van der Waals surface area contributed by atoms with Crippen LogP contribution in [0.4, 0.5) is 0 Å². The van der Waals surface area contributed by atoms with Gasteiger partial charge >= 0.3 is 0 Å². The van der Waals surface area contributed by atoms with E-state index in [1.807, 2.05) is 30.3 Å².